The third-order valence-corrected chi connectivity index (χ3v) is 8.02. The third-order valence-electron chi connectivity index (χ3n) is 7.73. The van der Waals surface area contributed by atoms with Crippen LogP contribution in [0, 0.1) is 5.82 Å². The van der Waals surface area contributed by atoms with Crippen molar-refractivity contribution in [3.05, 3.63) is 93.6 Å². The molecule has 0 N–H and O–H groups in total. The molecule has 1 fully saturated rings. The lowest BCUT2D eigenvalue weighted by atomic mass is 10.0. The van der Waals surface area contributed by atoms with Crippen molar-refractivity contribution in [3.8, 4) is 16.9 Å². The van der Waals surface area contributed by atoms with Crippen LogP contribution in [0.15, 0.2) is 66.0 Å². The summed E-state index contributed by atoms with van der Waals surface area (Å²) in [7, 11) is 1.26. The van der Waals surface area contributed by atoms with Crippen LogP contribution in [-0.4, -0.2) is 64.1 Å². The van der Waals surface area contributed by atoms with Gasteiger partial charge in [-0.1, -0.05) is 62.4 Å². The maximum atomic E-state index is 15.0. The number of esters is 1. The van der Waals surface area contributed by atoms with Gasteiger partial charge in [-0.25, -0.2) is 23.5 Å². The number of pyridine rings is 1. The van der Waals surface area contributed by atoms with Crippen molar-refractivity contribution in [1.29, 1.82) is 0 Å². The fraction of sp³-hybridized carbons (Fsp3) is 0.281. The first kappa shape index (κ1) is 29.9. The molecule has 0 saturated carbocycles. The van der Waals surface area contributed by atoms with Crippen LogP contribution in [0.25, 0.3) is 28.0 Å². The molecule has 3 heterocycles. The second-order valence-electron chi connectivity index (χ2n) is 10.1. The lowest BCUT2D eigenvalue weighted by Gasteiger charge is -2.40. The summed E-state index contributed by atoms with van der Waals surface area (Å²) < 4.78 is 21.5. The van der Waals surface area contributed by atoms with E-state index in [2.05, 4.69) is 11.6 Å². The lowest BCUT2D eigenvalue weighted by molar-refractivity contribution is -0.144. The summed E-state index contributed by atoms with van der Waals surface area (Å²) in [4.78, 5) is 51.9. The molecule has 1 atom stereocenters. The number of hydrogen-bond donors (Lipinski definition) is 0. The minimum Gasteiger partial charge on any atom is -0.467 e. The number of anilines is 1. The molecular formula is C32H31ClFN5O4. The molecule has 2 aromatic heterocycles. The normalized spacial score (nSPS) is 15.0. The standard InChI is InChI=1S/C32H31ClFN5O4/c1-5-19-11-10-12-20(6-2)28(19)39-30-22(17-23(33)27(35-30)21-13-8-9-14-24(21)34)29(36-32(39)42)38-16-15-37(26(40)7-3)18-25(38)31(41)43-4/h7-14,17,25H,3,5-6,15-16,18H2,1-2,4H3/t25-/m1/s1. The molecule has 222 valence electrons. The number of nitrogens with zero attached hydrogens (tertiary/aromatic N) is 5. The van der Waals surface area contributed by atoms with E-state index in [0.29, 0.717) is 23.9 Å². The predicted octanol–water partition coefficient (Wildman–Crippen LogP) is 4.74. The first-order chi connectivity index (χ1) is 20.7. The zero-order valence-corrected chi connectivity index (χ0v) is 24.9. The van der Waals surface area contributed by atoms with Crippen molar-refractivity contribution < 1.29 is 18.7 Å². The number of para-hydroxylation sites is 1. The zero-order chi connectivity index (χ0) is 30.8. The predicted molar refractivity (Wildman–Crippen MR) is 164 cm³/mol. The summed E-state index contributed by atoms with van der Waals surface area (Å²) in [5.41, 5.74) is 2.39. The Hall–Kier alpha value is -4.57. The van der Waals surface area contributed by atoms with Gasteiger partial charge >= 0.3 is 11.7 Å². The number of rotatable bonds is 7. The Kier molecular flexibility index (Phi) is 8.59. The van der Waals surface area contributed by atoms with Gasteiger partial charge in [-0.15, -0.1) is 0 Å². The zero-order valence-electron chi connectivity index (χ0n) is 24.1. The summed E-state index contributed by atoms with van der Waals surface area (Å²) in [6, 6.07) is 12.6. The number of ether oxygens (including phenoxy) is 1. The molecule has 5 rings (SSSR count). The molecule has 0 radical (unpaired) electrons. The van der Waals surface area contributed by atoms with Crippen molar-refractivity contribution in [2.24, 2.45) is 0 Å². The van der Waals surface area contributed by atoms with Gasteiger partial charge in [0.05, 0.1) is 35.4 Å². The van der Waals surface area contributed by atoms with Gasteiger partial charge in [0.1, 0.15) is 17.7 Å². The Morgan fingerprint density at radius 2 is 1.79 bits per heavy atom. The van der Waals surface area contributed by atoms with Crippen LogP contribution in [0.3, 0.4) is 0 Å². The van der Waals surface area contributed by atoms with Crippen molar-refractivity contribution >= 4 is 40.3 Å². The van der Waals surface area contributed by atoms with Crippen LogP contribution >= 0.6 is 11.6 Å². The number of halogens is 2. The number of aryl methyl sites for hydroxylation is 2. The highest BCUT2D eigenvalue weighted by molar-refractivity contribution is 6.34. The Morgan fingerprint density at radius 3 is 2.42 bits per heavy atom. The number of methoxy groups -OCH3 is 1. The highest BCUT2D eigenvalue weighted by Crippen LogP contribution is 2.36. The van der Waals surface area contributed by atoms with Gasteiger partial charge in [0.25, 0.3) is 0 Å². The Bertz CT molecular complexity index is 1780. The van der Waals surface area contributed by atoms with Gasteiger partial charge in [-0.3, -0.25) is 4.79 Å². The molecular weight excluding hydrogens is 573 g/mol. The van der Waals surface area contributed by atoms with E-state index in [1.165, 1.54) is 28.7 Å². The molecule has 2 aromatic carbocycles. The van der Waals surface area contributed by atoms with Gasteiger partial charge < -0.3 is 14.5 Å². The smallest absolute Gasteiger partial charge is 0.355 e. The average Bonchev–Trinajstić information content (AvgIpc) is 3.03. The van der Waals surface area contributed by atoms with E-state index in [9.17, 15) is 18.8 Å². The molecule has 4 aromatic rings. The maximum Gasteiger partial charge on any atom is 0.355 e. The minimum absolute atomic E-state index is 0.00307. The molecule has 43 heavy (non-hydrogen) atoms. The van der Waals surface area contributed by atoms with Gasteiger partial charge in [0.2, 0.25) is 5.91 Å². The molecule has 9 nitrogen and oxygen atoms in total. The molecule has 1 aliphatic heterocycles. The number of carbonyl (C=O) groups is 2. The summed E-state index contributed by atoms with van der Waals surface area (Å²) in [5.74, 6) is -1.29. The summed E-state index contributed by atoms with van der Waals surface area (Å²) in [6.45, 7) is 7.95. The molecule has 11 heteroatoms. The van der Waals surface area contributed by atoms with Crippen molar-refractivity contribution in [3.63, 3.8) is 0 Å². The van der Waals surface area contributed by atoms with Crippen LogP contribution < -0.4 is 10.6 Å². The van der Waals surface area contributed by atoms with E-state index in [1.807, 2.05) is 32.0 Å². The van der Waals surface area contributed by atoms with Crippen molar-refractivity contribution in [2.75, 3.05) is 31.6 Å². The molecule has 1 saturated heterocycles. The van der Waals surface area contributed by atoms with Gasteiger partial charge in [0, 0.05) is 18.7 Å². The van der Waals surface area contributed by atoms with Crippen molar-refractivity contribution in [1.82, 2.24) is 19.4 Å². The Balaban J connectivity index is 1.84. The minimum atomic E-state index is -0.965. The van der Waals surface area contributed by atoms with Crippen LogP contribution in [0.1, 0.15) is 25.0 Å². The van der Waals surface area contributed by atoms with Crippen molar-refractivity contribution in [2.45, 2.75) is 32.7 Å². The number of carbonyl (C=O) groups excluding carboxylic acids is 2. The lowest BCUT2D eigenvalue weighted by Crippen LogP contribution is -2.58. The van der Waals surface area contributed by atoms with E-state index in [1.54, 1.807) is 29.2 Å². The first-order valence-electron chi connectivity index (χ1n) is 14.0. The first-order valence-corrected chi connectivity index (χ1v) is 14.4. The molecule has 0 spiro atoms. The number of hydrogen-bond acceptors (Lipinski definition) is 7. The Morgan fingerprint density at radius 1 is 1.09 bits per heavy atom. The topological polar surface area (TPSA) is 97.6 Å². The second kappa shape index (κ2) is 12.3. The Labute approximate surface area is 253 Å². The SMILES string of the molecule is C=CC(=O)N1CCN(c2nc(=O)n(-c3c(CC)cccc3CC)c3nc(-c4ccccc4F)c(Cl)cc23)[C@@H](C(=O)OC)C1. The highest BCUT2D eigenvalue weighted by Gasteiger charge is 2.37. The quantitative estimate of drug-likeness (QED) is 0.222. The van der Waals surface area contributed by atoms with E-state index >= 15 is 0 Å². The number of aromatic nitrogens is 3. The van der Waals surface area contributed by atoms with Gasteiger partial charge in [-0.05, 0) is 48.2 Å². The number of piperazine rings is 1. The molecule has 1 amide bonds. The third kappa shape index (κ3) is 5.38. The van der Waals surface area contributed by atoms with E-state index < -0.39 is 23.5 Å². The van der Waals surface area contributed by atoms with Crippen LogP contribution in [0.2, 0.25) is 5.02 Å². The summed E-state index contributed by atoms with van der Waals surface area (Å²) >= 11 is 6.77. The molecule has 0 unspecified atom stereocenters. The number of amides is 1. The molecule has 0 bridgehead atoms. The van der Waals surface area contributed by atoms with E-state index in [4.69, 9.17) is 21.3 Å². The number of fused-ring (bicyclic) bond motifs is 1. The van der Waals surface area contributed by atoms with Crippen LogP contribution in [-0.2, 0) is 27.2 Å². The summed E-state index contributed by atoms with van der Waals surface area (Å²) in [6.07, 6.45) is 2.45. The maximum absolute atomic E-state index is 15.0. The van der Waals surface area contributed by atoms with Crippen LogP contribution in [0.5, 0.6) is 0 Å². The number of benzene rings is 2. The largest absolute Gasteiger partial charge is 0.467 e. The van der Waals surface area contributed by atoms with Crippen LogP contribution in [0.4, 0.5) is 10.2 Å². The second-order valence-corrected chi connectivity index (χ2v) is 10.5. The van der Waals surface area contributed by atoms with Gasteiger partial charge in [-0.2, -0.15) is 4.98 Å². The van der Waals surface area contributed by atoms with E-state index in [-0.39, 0.29) is 53.3 Å². The summed E-state index contributed by atoms with van der Waals surface area (Å²) in [5, 5.41) is 0.524. The molecule has 0 aliphatic carbocycles. The fourth-order valence-corrected chi connectivity index (χ4v) is 5.83. The van der Waals surface area contributed by atoms with E-state index in [0.717, 1.165) is 11.1 Å². The van der Waals surface area contributed by atoms with Gasteiger partial charge in [0.15, 0.2) is 5.65 Å². The molecule has 1 aliphatic rings. The highest BCUT2D eigenvalue weighted by atomic mass is 35.5. The average molecular weight is 604 g/mol. The fourth-order valence-electron chi connectivity index (χ4n) is 5.57. The monoisotopic (exact) mass is 603 g/mol.